The minimum absolute atomic E-state index is 0.301. The van der Waals surface area contributed by atoms with Gasteiger partial charge in [-0.3, -0.25) is 5.10 Å². The Bertz CT molecular complexity index is 536. The summed E-state index contributed by atoms with van der Waals surface area (Å²) in [5.74, 6) is 0. The second-order valence-corrected chi connectivity index (χ2v) is 5.29. The first-order valence-corrected chi connectivity index (χ1v) is 6.65. The molecule has 0 fully saturated rings. The Kier molecular flexibility index (Phi) is 3.10. The van der Waals surface area contributed by atoms with E-state index in [4.69, 9.17) is 11.6 Å². The van der Waals surface area contributed by atoms with Gasteiger partial charge in [-0.05, 0) is 43.0 Å². The summed E-state index contributed by atoms with van der Waals surface area (Å²) < 4.78 is 0. The van der Waals surface area contributed by atoms with Crippen molar-refractivity contribution >= 4 is 11.6 Å². The van der Waals surface area contributed by atoms with Crippen molar-refractivity contribution in [2.75, 3.05) is 0 Å². The molecule has 1 aromatic heterocycles. The lowest BCUT2D eigenvalue weighted by atomic mass is 10.1. The van der Waals surface area contributed by atoms with Gasteiger partial charge < -0.3 is 5.32 Å². The van der Waals surface area contributed by atoms with Crippen molar-refractivity contribution in [2.24, 2.45) is 0 Å². The summed E-state index contributed by atoms with van der Waals surface area (Å²) in [6.07, 6.45) is 6.05. The van der Waals surface area contributed by atoms with Gasteiger partial charge in [0.2, 0.25) is 0 Å². The van der Waals surface area contributed by atoms with Crippen LogP contribution in [0.2, 0.25) is 5.02 Å². The molecule has 2 N–H and O–H groups in total. The number of nitrogens with one attached hydrogen (secondary N) is 2. The van der Waals surface area contributed by atoms with Gasteiger partial charge in [0.05, 0.1) is 6.20 Å². The summed E-state index contributed by atoms with van der Waals surface area (Å²) in [4.78, 5) is 0. The molecule has 0 radical (unpaired) electrons. The maximum absolute atomic E-state index is 6.03. The number of halogens is 1. The van der Waals surface area contributed by atoms with E-state index in [-0.39, 0.29) is 0 Å². The lowest BCUT2D eigenvalue weighted by molar-refractivity contribution is 0.465. The molecular formula is C14H16ClN3. The number of aromatic nitrogens is 2. The Morgan fingerprint density at radius 3 is 3.17 bits per heavy atom. The van der Waals surface area contributed by atoms with Gasteiger partial charge in [0.1, 0.15) is 0 Å². The van der Waals surface area contributed by atoms with Gasteiger partial charge in [-0.15, -0.1) is 0 Å². The van der Waals surface area contributed by atoms with Crippen LogP contribution in [0.15, 0.2) is 30.6 Å². The molecule has 0 bridgehead atoms. The highest BCUT2D eigenvalue weighted by atomic mass is 35.5. The quantitative estimate of drug-likeness (QED) is 0.889. The molecule has 2 atom stereocenters. The third kappa shape index (κ3) is 2.16. The molecule has 1 aliphatic rings. The van der Waals surface area contributed by atoms with Gasteiger partial charge in [0.15, 0.2) is 0 Å². The fourth-order valence-corrected chi connectivity index (χ4v) is 2.85. The minimum atomic E-state index is 0.301. The smallest absolute Gasteiger partial charge is 0.0534 e. The number of nitrogens with zero attached hydrogens (tertiary/aromatic N) is 1. The van der Waals surface area contributed by atoms with Crippen molar-refractivity contribution in [3.05, 3.63) is 52.3 Å². The maximum atomic E-state index is 6.03. The van der Waals surface area contributed by atoms with Crippen molar-refractivity contribution in [3.63, 3.8) is 0 Å². The highest BCUT2D eigenvalue weighted by Gasteiger charge is 2.24. The van der Waals surface area contributed by atoms with E-state index in [1.807, 2.05) is 18.5 Å². The molecule has 1 aromatic carbocycles. The zero-order valence-corrected chi connectivity index (χ0v) is 11.0. The van der Waals surface area contributed by atoms with Gasteiger partial charge >= 0.3 is 0 Å². The molecule has 0 aliphatic heterocycles. The fourth-order valence-electron chi connectivity index (χ4n) is 2.65. The van der Waals surface area contributed by atoms with Gasteiger partial charge in [-0.25, -0.2) is 0 Å². The van der Waals surface area contributed by atoms with Crippen molar-refractivity contribution in [1.29, 1.82) is 0 Å². The van der Waals surface area contributed by atoms with Crippen LogP contribution < -0.4 is 5.32 Å². The van der Waals surface area contributed by atoms with Crippen LogP contribution in [0.1, 0.15) is 42.1 Å². The van der Waals surface area contributed by atoms with E-state index >= 15 is 0 Å². The van der Waals surface area contributed by atoms with E-state index in [1.54, 1.807) is 0 Å². The predicted octanol–water partition coefficient (Wildman–Crippen LogP) is 3.40. The highest BCUT2D eigenvalue weighted by Crippen LogP contribution is 2.34. The van der Waals surface area contributed by atoms with Crippen molar-refractivity contribution in [2.45, 2.75) is 31.8 Å². The lowest BCUT2D eigenvalue weighted by Gasteiger charge is -2.19. The average Bonchev–Trinajstić information content (AvgIpc) is 2.98. The number of H-pyrrole nitrogens is 1. The first-order valence-electron chi connectivity index (χ1n) is 6.27. The van der Waals surface area contributed by atoms with Crippen LogP contribution in [0.3, 0.4) is 0 Å². The van der Waals surface area contributed by atoms with Gasteiger partial charge in [-0.1, -0.05) is 17.7 Å². The Hall–Kier alpha value is -1.32. The van der Waals surface area contributed by atoms with Crippen LogP contribution in [0, 0.1) is 0 Å². The number of aromatic amines is 1. The van der Waals surface area contributed by atoms with Crippen molar-refractivity contribution < 1.29 is 0 Å². The Balaban J connectivity index is 1.77. The molecule has 0 spiro atoms. The van der Waals surface area contributed by atoms with Crippen LogP contribution in [-0.4, -0.2) is 10.2 Å². The second kappa shape index (κ2) is 4.75. The Labute approximate surface area is 112 Å². The number of benzene rings is 1. The first kappa shape index (κ1) is 11.8. The number of fused-ring (bicyclic) bond motifs is 1. The standard InChI is InChI=1S/C14H16ClN3/c1-9(11-7-16-17-8-11)18-14-5-2-10-6-12(15)3-4-13(10)14/h3-4,6-9,14,18H,2,5H2,1H3,(H,16,17). The van der Waals surface area contributed by atoms with E-state index in [9.17, 15) is 0 Å². The van der Waals surface area contributed by atoms with Crippen LogP contribution in [-0.2, 0) is 6.42 Å². The zero-order valence-electron chi connectivity index (χ0n) is 10.3. The van der Waals surface area contributed by atoms with Crippen LogP contribution in [0.4, 0.5) is 0 Å². The third-order valence-electron chi connectivity index (χ3n) is 3.65. The minimum Gasteiger partial charge on any atom is -0.303 e. The average molecular weight is 262 g/mol. The molecule has 18 heavy (non-hydrogen) atoms. The Morgan fingerprint density at radius 1 is 1.50 bits per heavy atom. The van der Waals surface area contributed by atoms with Crippen molar-refractivity contribution in [1.82, 2.24) is 15.5 Å². The van der Waals surface area contributed by atoms with Crippen molar-refractivity contribution in [3.8, 4) is 0 Å². The number of aryl methyl sites for hydroxylation is 1. The van der Waals surface area contributed by atoms with Gasteiger partial charge in [0, 0.05) is 28.9 Å². The molecule has 2 aromatic rings. The van der Waals surface area contributed by atoms with E-state index in [0.29, 0.717) is 12.1 Å². The molecule has 0 saturated heterocycles. The molecule has 3 nitrogen and oxygen atoms in total. The number of hydrogen-bond donors (Lipinski definition) is 2. The molecule has 2 unspecified atom stereocenters. The van der Waals surface area contributed by atoms with Crippen LogP contribution >= 0.6 is 11.6 Å². The molecule has 1 heterocycles. The molecular weight excluding hydrogens is 246 g/mol. The SMILES string of the molecule is CC(NC1CCc2cc(Cl)ccc21)c1cn[nH]c1. The molecule has 0 amide bonds. The predicted molar refractivity (Wildman–Crippen MR) is 72.7 cm³/mol. The highest BCUT2D eigenvalue weighted by molar-refractivity contribution is 6.30. The topological polar surface area (TPSA) is 40.7 Å². The Morgan fingerprint density at radius 2 is 2.39 bits per heavy atom. The van der Waals surface area contributed by atoms with E-state index in [0.717, 1.165) is 17.9 Å². The normalized spacial score (nSPS) is 19.8. The van der Waals surface area contributed by atoms with Crippen LogP contribution in [0.25, 0.3) is 0 Å². The monoisotopic (exact) mass is 261 g/mol. The van der Waals surface area contributed by atoms with Crippen LogP contribution in [0.5, 0.6) is 0 Å². The molecule has 1 aliphatic carbocycles. The third-order valence-corrected chi connectivity index (χ3v) is 3.89. The summed E-state index contributed by atoms with van der Waals surface area (Å²) in [6.45, 7) is 2.17. The summed E-state index contributed by atoms with van der Waals surface area (Å²) in [7, 11) is 0. The number of hydrogen-bond acceptors (Lipinski definition) is 2. The summed E-state index contributed by atoms with van der Waals surface area (Å²) in [6, 6.07) is 6.92. The number of rotatable bonds is 3. The molecule has 4 heteroatoms. The van der Waals surface area contributed by atoms with Gasteiger partial charge in [-0.2, -0.15) is 5.10 Å². The largest absolute Gasteiger partial charge is 0.303 e. The maximum Gasteiger partial charge on any atom is 0.0534 e. The fraction of sp³-hybridized carbons (Fsp3) is 0.357. The summed E-state index contributed by atoms with van der Waals surface area (Å²) in [5, 5.41) is 11.3. The zero-order chi connectivity index (χ0) is 12.5. The summed E-state index contributed by atoms with van der Waals surface area (Å²) in [5.41, 5.74) is 3.95. The van der Waals surface area contributed by atoms with E-state index in [1.165, 1.54) is 16.7 Å². The molecule has 0 saturated carbocycles. The first-order chi connectivity index (χ1) is 8.74. The molecule has 3 rings (SSSR count). The van der Waals surface area contributed by atoms with E-state index in [2.05, 4.69) is 34.6 Å². The van der Waals surface area contributed by atoms with Gasteiger partial charge in [0.25, 0.3) is 0 Å². The summed E-state index contributed by atoms with van der Waals surface area (Å²) >= 11 is 6.03. The second-order valence-electron chi connectivity index (χ2n) is 4.85. The lowest BCUT2D eigenvalue weighted by Crippen LogP contribution is -2.22. The molecule has 94 valence electrons. The van der Waals surface area contributed by atoms with E-state index < -0.39 is 0 Å².